The first-order chi connectivity index (χ1) is 9.25. The summed E-state index contributed by atoms with van der Waals surface area (Å²) in [7, 11) is 0. The minimum Gasteiger partial charge on any atom is -0.354 e. The molecule has 19 heavy (non-hydrogen) atoms. The highest BCUT2D eigenvalue weighted by Crippen LogP contribution is 2.10. The van der Waals surface area contributed by atoms with Gasteiger partial charge in [0.2, 0.25) is 0 Å². The van der Waals surface area contributed by atoms with Crippen LogP contribution in [0.25, 0.3) is 0 Å². The standard InChI is InChI=1S/C14H19ClN2O2/c15-13-6-4-12(5-7-13)8-9-16-19-14(18)17-10-2-1-3-11-17/h4-7,16H,1-3,8-11H2. The van der Waals surface area contributed by atoms with Gasteiger partial charge in [0.25, 0.3) is 0 Å². The number of nitrogens with one attached hydrogen (secondary N) is 1. The van der Waals surface area contributed by atoms with Crippen LogP contribution in [-0.2, 0) is 11.3 Å². The number of carbonyl (C=O) groups is 1. The van der Waals surface area contributed by atoms with E-state index in [9.17, 15) is 4.79 Å². The predicted octanol–water partition coefficient (Wildman–Crippen LogP) is 3.01. The lowest BCUT2D eigenvalue weighted by molar-refractivity contribution is 0.0509. The number of nitrogens with zero attached hydrogens (tertiary/aromatic N) is 1. The maximum absolute atomic E-state index is 11.7. The van der Waals surface area contributed by atoms with E-state index in [-0.39, 0.29) is 6.09 Å². The number of amides is 1. The van der Waals surface area contributed by atoms with Crippen molar-refractivity contribution < 1.29 is 9.63 Å². The van der Waals surface area contributed by atoms with Crippen LogP contribution in [0.2, 0.25) is 5.02 Å². The monoisotopic (exact) mass is 282 g/mol. The van der Waals surface area contributed by atoms with Crippen LogP contribution in [0, 0.1) is 0 Å². The van der Waals surface area contributed by atoms with Gasteiger partial charge < -0.3 is 9.74 Å². The fourth-order valence-electron chi connectivity index (χ4n) is 2.10. The average Bonchev–Trinajstić information content (AvgIpc) is 2.46. The van der Waals surface area contributed by atoms with Gasteiger partial charge >= 0.3 is 6.09 Å². The quantitative estimate of drug-likeness (QED) is 0.682. The van der Waals surface area contributed by atoms with E-state index in [0.717, 1.165) is 42.9 Å². The molecule has 5 heteroatoms. The number of benzene rings is 1. The predicted molar refractivity (Wildman–Crippen MR) is 75.1 cm³/mol. The molecule has 0 bridgehead atoms. The Hall–Kier alpha value is -1.26. The minimum atomic E-state index is -0.268. The second kappa shape index (κ2) is 7.36. The Bertz CT molecular complexity index is 402. The molecule has 0 saturated carbocycles. The summed E-state index contributed by atoms with van der Waals surface area (Å²) in [6, 6.07) is 7.65. The molecule has 1 fully saturated rings. The molecule has 104 valence electrons. The zero-order valence-electron chi connectivity index (χ0n) is 10.9. The molecular formula is C14H19ClN2O2. The third-order valence-corrected chi connectivity index (χ3v) is 3.45. The Morgan fingerprint density at radius 2 is 1.89 bits per heavy atom. The average molecular weight is 283 g/mol. The summed E-state index contributed by atoms with van der Waals surface area (Å²) < 4.78 is 0. The van der Waals surface area contributed by atoms with Crippen molar-refractivity contribution in [2.75, 3.05) is 19.6 Å². The van der Waals surface area contributed by atoms with Crippen molar-refractivity contribution in [2.24, 2.45) is 0 Å². The Morgan fingerprint density at radius 3 is 2.58 bits per heavy atom. The number of halogens is 1. The van der Waals surface area contributed by atoms with E-state index in [2.05, 4.69) is 5.48 Å². The van der Waals surface area contributed by atoms with Crippen LogP contribution in [0.1, 0.15) is 24.8 Å². The molecule has 1 N–H and O–H groups in total. The van der Waals surface area contributed by atoms with E-state index in [4.69, 9.17) is 16.4 Å². The van der Waals surface area contributed by atoms with Crippen LogP contribution in [0.5, 0.6) is 0 Å². The summed E-state index contributed by atoms with van der Waals surface area (Å²) >= 11 is 5.81. The first-order valence-corrected chi connectivity index (χ1v) is 7.06. The molecular weight excluding hydrogens is 264 g/mol. The number of hydroxylamine groups is 1. The van der Waals surface area contributed by atoms with Crippen molar-refractivity contribution in [3.05, 3.63) is 34.9 Å². The molecule has 0 radical (unpaired) electrons. The lowest BCUT2D eigenvalue weighted by Crippen LogP contribution is -2.39. The van der Waals surface area contributed by atoms with Gasteiger partial charge in [0.1, 0.15) is 0 Å². The summed E-state index contributed by atoms with van der Waals surface area (Å²) in [5.41, 5.74) is 3.88. The number of carbonyl (C=O) groups excluding carboxylic acids is 1. The van der Waals surface area contributed by atoms with Gasteiger partial charge in [-0.25, -0.2) is 4.79 Å². The first kappa shape index (κ1) is 14.2. The lowest BCUT2D eigenvalue weighted by atomic mass is 10.1. The van der Waals surface area contributed by atoms with E-state index in [1.165, 1.54) is 6.42 Å². The van der Waals surface area contributed by atoms with E-state index >= 15 is 0 Å². The SMILES string of the molecule is O=C(ONCCc1ccc(Cl)cc1)N1CCCCC1. The van der Waals surface area contributed by atoms with Crippen LogP contribution in [0.4, 0.5) is 4.79 Å². The van der Waals surface area contributed by atoms with Crippen molar-refractivity contribution in [1.82, 2.24) is 10.4 Å². The number of hydrogen-bond donors (Lipinski definition) is 1. The minimum absolute atomic E-state index is 0.268. The molecule has 1 heterocycles. The van der Waals surface area contributed by atoms with Gasteiger partial charge in [-0.2, -0.15) is 5.48 Å². The van der Waals surface area contributed by atoms with Crippen LogP contribution in [0.3, 0.4) is 0 Å². The van der Waals surface area contributed by atoms with Crippen LogP contribution in [0.15, 0.2) is 24.3 Å². The highest BCUT2D eigenvalue weighted by Gasteiger charge is 2.17. The summed E-state index contributed by atoms with van der Waals surface area (Å²) in [6.07, 6.45) is 3.87. The molecule has 1 aromatic carbocycles. The second-order valence-electron chi connectivity index (χ2n) is 4.69. The molecule has 0 atom stereocenters. The second-order valence-corrected chi connectivity index (χ2v) is 5.12. The van der Waals surface area contributed by atoms with Gasteiger partial charge in [-0.15, -0.1) is 0 Å². The van der Waals surface area contributed by atoms with Crippen LogP contribution >= 0.6 is 11.6 Å². The maximum Gasteiger partial charge on any atom is 0.428 e. The molecule has 0 aliphatic carbocycles. The Labute approximate surface area is 118 Å². The van der Waals surface area contributed by atoms with Gasteiger partial charge in [-0.05, 0) is 43.4 Å². The van der Waals surface area contributed by atoms with Crippen molar-refractivity contribution in [3.8, 4) is 0 Å². The third-order valence-electron chi connectivity index (χ3n) is 3.20. The van der Waals surface area contributed by atoms with Crippen molar-refractivity contribution in [2.45, 2.75) is 25.7 Å². The maximum atomic E-state index is 11.7. The molecule has 1 aliphatic rings. The summed E-state index contributed by atoms with van der Waals surface area (Å²) in [5, 5.41) is 0.730. The van der Waals surface area contributed by atoms with Gasteiger partial charge in [0, 0.05) is 24.7 Å². The summed E-state index contributed by atoms with van der Waals surface area (Å²) in [6.45, 7) is 2.20. The van der Waals surface area contributed by atoms with E-state index in [1.54, 1.807) is 4.90 Å². The van der Waals surface area contributed by atoms with Crippen molar-refractivity contribution >= 4 is 17.7 Å². The lowest BCUT2D eigenvalue weighted by Gasteiger charge is -2.25. The molecule has 4 nitrogen and oxygen atoms in total. The zero-order valence-corrected chi connectivity index (χ0v) is 11.7. The first-order valence-electron chi connectivity index (χ1n) is 6.69. The molecule has 1 aliphatic heterocycles. The smallest absolute Gasteiger partial charge is 0.354 e. The Kier molecular flexibility index (Phi) is 5.48. The topological polar surface area (TPSA) is 41.6 Å². The van der Waals surface area contributed by atoms with Gasteiger partial charge in [0.15, 0.2) is 0 Å². The summed E-state index contributed by atoms with van der Waals surface area (Å²) in [5.74, 6) is 0. The Morgan fingerprint density at radius 1 is 1.21 bits per heavy atom. The highest BCUT2D eigenvalue weighted by molar-refractivity contribution is 6.30. The molecule has 0 aromatic heterocycles. The molecule has 2 rings (SSSR count). The zero-order chi connectivity index (χ0) is 13.5. The number of rotatable bonds is 4. The molecule has 0 unspecified atom stereocenters. The van der Waals surface area contributed by atoms with Gasteiger partial charge in [-0.3, -0.25) is 0 Å². The molecule has 1 saturated heterocycles. The number of piperidine rings is 1. The van der Waals surface area contributed by atoms with Crippen LogP contribution < -0.4 is 5.48 Å². The third kappa shape index (κ3) is 4.73. The largest absolute Gasteiger partial charge is 0.428 e. The molecule has 0 spiro atoms. The van der Waals surface area contributed by atoms with E-state index in [1.807, 2.05) is 24.3 Å². The fourth-order valence-corrected chi connectivity index (χ4v) is 2.23. The van der Waals surface area contributed by atoms with Gasteiger partial charge in [0.05, 0.1) is 0 Å². The van der Waals surface area contributed by atoms with Crippen molar-refractivity contribution in [1.29, 1.82) is 0 Å². The van der Waals surface area contributed by atoms with Gasteiger partial charge in [-0.1, -0.05) is 23.7 Å². The fraction of sp³-hybridized carbons (Fsp3) is 0.500. The van der Waals surface area contributed by atoms with Crippen molar-refractivity contribution in [3.63, 3.8) is 0 Å². The van der Waals surface area contributed by atoms with E-state index < -0.39 is 0 Å². The van der Waals surface area contributed by atoms with Crippen LogP contribution in [-0.4, -0.2) is 30.6 Å². The molecule has 1 aromatic rings. The highest BCUT2D eigenvalue weighted by atomic mass is 35.5. The molecule has 1 amide bonds. The number of likely N-dealkylation sites (tertiary alicyclic amines) is 1. The summed E-state index contributed by atoms with van der Waals surface area (Å²) in [4.78, 5) is 18.5. The normalized spacial score (nSPS) is 15.3. The van der Waals surface area contributed by atoms with E-state index in [0.29, 0.717) is 6.54 Å². The Balaban J connectivity index is 1.63. The number of hydrogen-bond acceptors (Lipinski definition) is 3.